The number of rotatable bonds is 3. The van der Waals surface area contributed by atoms with E-state index in [0.29, 0.717) is 5.56 Å². The van der Waals surface area contributed by atoms with Gasteiger partial charge in [0.25, 0.3) is 0 Å². The molecule has 1 aromatic carbocycles. The Morgan fingerprint density at radius 1 is 1.35 bits per heavy atom. The second kappa shape index (κ2) is 6.72. The molecule has 17 heavy (non-hydrogen) atoms. The van der Waals surface area contributed by atoms with E-state index in [4.69, 9.17) is 9.84 Å². The molecule has 1 N–H and O–H groups in total. The van der Waals surface area contributed by atoms with Crippen LogP contribution < -0.4 is 0 Å². The quantitative estimate of drug-likeness (QED) is 0.639. The van der Waals surface area contributed by atoms with Crippen molar-refractivity contribution in [2.24, 2.45) is 5.92 Å². The Balaban J connectivity index is 2.71. The van der Waals surface area contributed by atoms with Crippen molar-refractivity contribution in [3.05, 3.63) is 35.9 Å². The Bertz CT molecular complexity index is 412. The van der Waals surface area contributed by atoms with Crippen LogP contribution in [0.4, 0.5) is 0 Å². The number of ether oxygens (including phenoxy) is 1. The Hall–Kier alpha value is -1.79. The van der Waals surface area contributed by atoms with Crippen LogP contribution in [-0.2, 0) is 4.74 Å². The molecule has 0 aromatic heterocycles. The molecule has 3 nitrogen and oxygen atoms in total. The highest BCUT2D eigenvalue weighted by Gasteiger charge is 2.16. The second-order valence-corrected chi connectivity index (χ2v) is 3.92. The monoisotopic (exact) mass is 232 g/mol. The molecule has 0 aliphatic carbocycles. The fraction of sp³-hybridized carbons (Fsp3) is 0.357. The van der Waals surface area contributed by atoms with E-state index in [1.807, 2.05) is 19.9 Å². The van der Waals surface area contributed by atoms with Crippen molar-refractivity contribution in [2.75, 3.05) is 6.61 Å². The first-order valence-electron chi connectivity index (χ1n) is 5.50. The number of aliphatic hydroxyl groups excluding tert-OH is 1. The summed E-state index contributed by atoms with van der Waals surface area (Å²) in [5, 5.41) is 8.63. The van der Waals surface area contributed by atoms with E-state index in [-0.39, 0.29) is 12.5 Å². The molecular formula is C14H16O3. The van der Waals surface area contributed by atoms with Gasteiger partial charge >= 0.3 is 5.97 Å². The van der Waals surface area contributed by atoms with Gasteiger partial charge in [-0.05, 0) is 12.1 Å². The number of carbonyl (C=O) groups is 1. The molecule has 1 rings (SSSR count). The first-order chi connectivity index (χ1) is 8.15. The zero-order valence-electron chi connectivity index (χ0n) is 10.0. The summed E-state index contributed by atoms with van der Waals surface area (Å²) in [4.78, 5) is 11.8. The van der Waals surface area contributed by atoms with Gasteiger partial charge in [0, 0.05) is 5.92 Å². The first kappa shape index (κ1) is 13.3. The average molecular weight is 232 g/mol. The summed E-state index contributed by atoms with van der Waals surface area (Å²) in [6, 6.07) is 8.78. The van der Waals surface area contributed by atoms with Crippen molar-refractivity contribution < 1.29 is 14.6 Å². The number of esters is 1. The zero-order valence-corrected chi connectivity index (χ0v) is 10.0. The molecule has 0 aliphatic heterocycles. The van der Waals surface area contributed by atoms with Crippen molar-refractivity contribution in [2.45, 2.75) is 20.0 Å². The van der Waals surface area contributed by atoms with Gasteiger partial charge in [-0.15, -0.1) is 0 Å². The van der Waals surface area contributed by atoms with Gasteiger partial charge in [-0.1, -0.05) is 43.9 Å². The van der Waals surface area contributed by atoms with E-state index >= 15 is 0 Å². The minimum atomic E-state index is -0.491. The van der Waals surface area contributed by atoms with E-state index in [1.165, 1.54) is 0 Å². The number of benzene rings is 1. The summed E-state index contributed by atoms with van der Waals surface area (Å²) in [7, 11) is 0. The third-order valence-corrected chi connectivity index (χ3v) is 2.17. The highest BCUT2D eigenvalue weighted by atomic mass is 16.5. The van der Waals surface area contributed by atoms with Crippen LogP contribution in [0.15, 0.2) is 30.3 Å². The lowest BCUT2D eigenvalue weighted by Gasteiger charge is -2.15. The molecule has 1 atom stereocenters. The number of carbonyl (C=O) groups excluding carboxylic acids is 1. The molecule has 0 bridgehead atoms. The maximum Gasteiger partial charge on any atom is 0.339 e. The standard InChI is InChI=1S/C14H16O3/c1-11(2)13(9-6-10-15)17-14(16)12-7-4-3-5-8-12/h3-5,7-8,11,13,15H,10H2,1-2H3. The van der Waals surface area contributed by atoms with Gasteiger partial charge in [-0.2, -0.15) is 0 Å². The van der Waals surface area contributed by atoms with Crippen LogP contribution in [0.5, 0.6) is 0 Å². The molecule has 0 fully saturated rings. The van der Waals surface area contributed by atoms with Gasteiger partial charge in [0.05, 0.1) is 5.56 Å². The normalized spacial score (nSPS) is 11.5. The summed E-state index contributed by atoms with van der Waals surface area (Å²) in [6.07, 6.45) is -0.491. The van der Waals surface area contributed by atoms with Crippen molar-refractivity contribution in [3.63, 3.8) is 0 Å². The predicted molar refractivity (Wildman–Crippen MR) is 65.3 cm³/mol. The van der Waals surface area contributed by atoms with E-state index in [0.717, 1.165) is 0 Å². The molecule has 0 heterocycles. The minimum absolute atomic E-state index is 0.0849. The molecule has 0 aliphatic rings. The fourth-order valence-electron chi connectivity index (χ4n) is 1.24. The molecule has 90 valence electrons. The Morgan fingerprint density at radius 3 is 2.53 bits per heavy atom. The van der Waals surface area contributed by atoms with Crippen LogP contribution in [0.1, 0.15) is 24.2 Å². The van der Waals surface area contributed by atoms with Crippen molar-refractivity contribution >= 4 is 5.97 Å². The molecule has 0 spiro atoms. The Morgan fingerprint density at radius 2 is 2.00 bits per heavy atom. The summed E-state index contributed by atoms with van der Waals surface area (Å²) in [5.74, 6) is 4.93. The number of hydrogen-bond acceptors (Lipinski definition) is 3. The van der Waals surface area contributed by atoms with E-state index in [2.05, 4.69) is 11.8 Å². The SMILES string of the molecule is CC(C)C(C#CCO)OC(=O)c1ccccc1. The molecule has 3 heteroatoms. The topological polar surface area (TPSA) is 46.5 Å². The second-order valence-electron chi connectivity index (χ2n) is 3.92. The van der Waals surface area contributed by atoms with Crippen LogP contribution in [-0.4, -0.2) is 23.8 Å². The number of hydrogen-bond donors (Lipinski definition) is 1. The van der Waals surface area contributed by atoms with Crippen molar-refractivity contribution in [3.8, 4) is 11.8 Å². The average Bonchev–Trinajstić information content (AvgIpc) is 2.35. The van der Waals surface area contributed by atoms with Gasteiger partial charge in [0.15, 0.2) is 6.10 Å². The van der Waals surface area contributed by atoms with E-state index in [1.54, 1.807) is 24.3 Å². The number of aliphatic hydroxyl groups is 1. The van der Waals surface area contributed by atoms with Gasteiger partial charge in [0.2, 0.25) is 0 Å². The molecule has 1 aromatic rings. The van der Waals surface area contributed by atoms with Gasteiger partial charge < -0.3 is 9.84 Å². The highest BCUT2D eigenvalue weighted by molar-refractivity contribution is 5.89. The Kier molecular flexibility index (Phi) is 5.25. The molecule has 0 saturated heterocycles. The van der Waals surface area contributed by atoms with Crippen LogP contribution in [0.2, 0.25) is 0 Å². The van der Waals surface area contributed by atoms with Gasteiger partial charge in [0.1, 0.15) is 6.61 Å². The molecule has 0 amide bonds. The lowest BCUT2D eigenvalue weighted by Crippen LogP contribution is -2.22. The maximum atomic E-state index is 11.8. The van der Waals surface area contributed by atoms with Crippen LogP contribution in [0, 0.1) is 17.8 Å². The van der Waals surface area contributed by atoms with Gasteiger partial charge in [-0.3, -0.25) is 0 Å². The van der Waals surface area contributed by atoms with Crippen molar-refractivity contribution in [1.29, 1.82) is 0 Å². The third kappa shape index (κ3) is 4.29. The fourth-order valence-corrected chi connectivity index (χ4v) is 1.24. The summed E-state index contributed by atoms with van der Waals surface area (Å²) >= 11 is 0. The van der Waals surface area contributed by atoms with E-state index < -0.39 is 12.1 Å². The highest BCUT2D eigenvalue weighted by Crippen LogP contribution is 2.09. The summed E-state index contributed by atoms with van der Waals surface area (Å²) in [6.45, 7) is 3.59. The smallest absolute Gasteiger partial charge is 0.339 e. The molecule has 1 unspecified atom stereocenters. The minimum Gasteiger partial charge on any atom is -0.445 e. The molecule has 0 saturated carbocycles. The first-order valence-corrected chi connectivity index (χ1v) is 5.50. The summed E-state index contributed by atoms with van der Waals surface area (Å²) in [5.41, 5.74) is 0.504. The van der Waals surface area contributed by atoms with Crippen LogP contribution >= 0.6 is 0 Å². The lowest BCUT2D eigenvalue weighted by molar-refractivity contribution is 0.0329. The zero-order chi connectivity index (χ0) is 12.7. The third-order valence-electron chi connectivity index (χ3n) is 2.17. The summed E-state index contributed by atoms with van der Waals surface area (Å²) < 4.78 is 5.28. The molecular weight excluding hydrogens is 216 g/mol. The maximum absolute atomic E-state index is 11.8. The predicted octanol–water partition coefficient (Wildman–Crippen LogP) is 1.86. The largest absolute Gasteiger partial charge is 0.445 e. The van der Waals surface area contributed by atoms with E-state index in [9.17, 15) is 4.79 Å². The lowest BCUT2D eigenvalue weighted by atomic mass is 10.1. The van der Waals surface area contributed by atoms with Gasteiger partial charge in [-0.25, -0.2) is 4.79 Å². The van der Waals surface area contributed by atoms with Crippen molar-refractivity contribution in [1.82, 2.24) is 0 Å². The molecule has 0 radical (unpaired) electrons. The Labute approximate surface area is 101 Å². The van der Waals surface area contributed by atoms with Crippen LogP contribution in [0.3, 0.4) is 0 Å². The van der Waals surface area contributed by atoms with Crippen LogP contribution in [0.25, 0.3) is 0 Å².